The van der Waals surface area contributed by atoms with Crippen molar-refractivity contribution < 1.29 is 4.21 Å². The van der Waals surface area contributed by atoms with Crippen molar-refractivity contribution in [3.63, 3.8) is 0 Å². The molecule has 0 aliphatic heterocycles. The number of hydrogen-bond donors (Lipinski definition) is 1. The molecule has 16 heavy (non-hydrogen) atoms. The van der Waals surface area contributed by atoms with E-state index in [2.05, 4.69) is 6.92 Å². The van der Waals surface area contributed by atoms with Crippen LogP contribution in [0.15, 0.2) is 0 Å². The molecule has 0 aromatic carbocycles. The Hall–Kier alpha value is 0.110. The molecular formula is C13H29NOS. The van der Waals surface area contributed by atoms with Gasteiger partial charge in [-0.25, -0.2) is 0 Å². The van der Waals surface area contributed by atoms with Crippen LogP contribution in [0.25, 0.3) is 0 Å². The van der Waals surface area contributed by atoms with Crippen LogP contribution in [0.4, 0.5) is 0 Å². The fourth-order valence-corrected chi connectivity index (χ4v) is 2.79. The molecule has 0 amide bonds. The summed E-state index contributed by atoms with van der Waals surface area (Å²) in [5.41, 5.74) is 5.48. The van der Waals surface area contributed by atoms with Gasteiger partial charge in [-0.3, -0.25) is 4.21 Å². The summed E-state index contributed by atoms with van der Waals surface area (Å²) in [5.74, 6) is 0.841. The molecule has 2 nitrogen and oxygen atoms in total. The molecule has 2 unspecified atom stereocenters. The lowest BCUT2D eigenvalue weighted by molar-refractivity contribution is 0.584. The minimum absolute atomic E-state index is 0.171. The van der Waals surface area contributed by atoms with E-state index in [0.29, 0.717) is 6.54 Å². The minimum Gasteiger partial charge on any atom is -0.329 e. The SMILES string of the molecule is CCCCCCCCCCS(=O)C(C)CN. The maximum absolute atomic E-state index is 11.6. The van der Waals surface area contributed by atoms with Gasteiger partial charge in [-0.15, -0.1) is 0 Å². The average molecular weight is 247 g/mol. The highest BCUT2D eigenvalue weighted by atomic mass is 32.2. The maximum Gasteiger partial charge on any atom is 0.0442 e. The standard InChI is InChI=1S/C13H29NOS/c1-3-4-5-6-7-8-9-10-11-16(15)13(2)12-14/h13H,3-12,14H2,1-2H3. The number of nitrogens with two attached hydrogens (primary N) is 1. The topological polar surface area (TPSA) is 43.1 Å². The molecule has 0 fully saturated rings. The Morgan fingerprint density at radius 2 is 1.50 bits per heavy atom. The van der Waals surface area contributed by atoms with Gasteiger partial charge in [0.15, 0.2) is 0 Å². The Morgan fingerprint density at radius 3 is 2.00 bits per heavy atom. The third-order valence-corrected chi connectivity index (χ3v) is 4.76. The third-order valence-electron chi connectivity index (χ3n) is 2.98. The maximum atomic E-state index is 11.6. The molecule has 3 heteroatoms. The van der Waals surface area contributed by atoms with Crippen LogP contribution in [0.3, 0.4) is 0 Å². The predicted molar refractivity (Wildman–Crippen MR) is 74.1 cm³/mol. The van der Waals surface area contributed by atoms with Crippen molar-refractivity contribution in [1.82, 2.24) is 0 Å². The van der Waals surface area contributed by atoms with E-state index in [1.165, 1.54) is 44.9 Å². The molecule has 98 valence electrons. The molecule has 0 aromatic heterocycles. The summed E-state index contributed by atoms with van der Waals surface area (Å²) in [5, 5.41) is 0.171. The second kappa shape index (κ2) is 11.6. The van der Waals surface area contributed by atoms with Crippen LogP contribution in [0.2, 0.25) is 0 Å². The zero-order valence-corrected chi connectivity index (χ0v) is 11.9. The molecule has 0 aliphatic rings. The molecule has 0 bridgehead atoms. The molecule has 0 saturated carbocycles. The highest BCUT2D eigenvalue weighted by Crippen LogP contribution is 2.09. The van der Waals surface area contributed by atoms with E-state index in [4.69, 9.17) is 5.73 Å². The zero-order chi connectivity index (χ0) is 12.2. The lowest BCUT2D eigenvalue weighted by Crippen LogP contribution is -2.23. The first-order chi connectivity index (χ1) is 7.72. The Kier molecular flexibility index (Phi) is 11.7. The molecule has 2 atom stereocenters. The molecular weight excluding hydrogens is 218 g/mol. The first-order valence-corrected chi connectivity index (χ1v) is 8.17. The van der Waals surface area contributed by atoms with Gasteiger partial charge in [-0.1, -0.05) is 51.9 Å². The summed E-state index contributed by atoms with van der Waals surface area (Å²) in [6.07, 6.45) is 10.4. The normalized spacial score (nSPS) is 14.9. The van der Waals surface area contributed by atoms with Gasteiger partial charge in [0.25, 0.3) is 0 Å². The van der Waals surface area contributed by atoms with Crippen molar-refractivity contribution >= 4 is 10.8 Å². The molecule has 0 saturated heterocycles. The van der Waals surface area contributed by atoms with E-state index in [1.807, 2.05) is 6.92 Å². The molecule has 2 N–H and O–H groups in total. The first-order valence-electron chi connectivity index (χ1n) is 6.79. The van der Waals surface area contributed by atoms with E-state index in [9.17, 15) is 4.21 Å². The molecule has 0 radical (unpaired) electrons. The van der Waals surface area contributed by atoms with Crippen LogP contribution < -0.4 is 5.73 Å². The summed E-state index contributed by atoms with van der Waals surface area (Å²) in [6, 6.07) is 0. The quantitative estimate of drug-likeness (QED) is 0.570. The molecule has 0 heterocycles. The lowest BCUT2D eigenvalue weighted by atomic mass is 10.1. The highest BCUT2D eigenvalue weighted by Gasteiger charge is 2.07. The first kappa shape index (κ1) is 16.1. The van der Waals surface area contributed by atoms with Gasteiger partial charge in [0.2, 0.25) is 0 Å². The van der Waals surface area contributed by atoms with E-state index >= 15 is 0 Å². The fourth-order valence-electron chi connectivity index (χ4n) is 1.69. The summed E-state index contributed by atoms with van der Waals surface area (Å²) in [6.45, 7) is 4.76. The van der Waals surface area contributed by atoms with Crippen LogP contribution in [0, 0.1) is 0 Å². The van der Waals surface area contributed by atoms with Crippen molar-refractivity contribution in [2.24, 2.45) is 5.73 Å². The van der Waals surface area contributed by atoms with Gasteiger partial charge in [-0.05, 0) is 13.3 Å². The second-order valence-corrected chi connectivity index (χ2v) is 6.58. The highest BCUT2D eigenvalue weighted by molar-refractivity contribution is 7.85. The van der Waals surface area contributed by atoms with Crippen LogP contribution >= 0.6 is 0 Å². The van der Waals surface area contributed by atoms with Gasteiger partial charge >= 0.3 is 0 Å². The summed E-state index contributed by atoms with van der Waals surface area (Å²) >= 11 is 0. The zero-order valence-electron chi connectivity index (χ0n) is 11.0. The van der Waals surface area contributed by atoms with Gasteiger partial charge in [0.1, 0.15) is 0 Å². The molecule has 0 spiro atoms. The minimum atomic E-state index is -0.700. The Morgan fingerprint density at radius 1 is 1.00 bits per heavy atom. The largest absolute Gasteiger partial charge is 0.329 e. The van der Waals surface area contributed by atoms with Crippen LogP contribution in [0.1, 0.15) is 65.2 Å². The molecule has 0 aliphatic carbocycles. The Bertz CT molecular complexity index is 173. The van der Waals surface area contributed by atoms with Gasteiger partial charge < -0.3 is 5.73 Å². The summed E-state index contributed by atoms with van der Waals surface area (Å²) in [4.78, 5) is 0. The Labute approximate surface area is 104 Å². The lowest BCUT2D eigenvalue weighted by Gasteiger charge is -2.08. The van der Waals surface area contributed by atoms with E-state index in [1.54, 1.807) is 0 Å². The molecule has 0 rings (SSSR count). The van der Waals surface area contributed by atoms with Crippen molar-refractivity contribution in [1.29, 1.82) is 0 Å². The number of unbranched alkanes of at least 4 members (excludes halogenated alkanes) is 7. The van der Waals surface area contributed by atoms with E-state index in [0.717, 1.165) is 12.2 Å². The van der Waals surface area contributed by atoms with Gasteiger partial charge in [0, 0.05) is 28.3 Å². The van der Waals surface area contributed by atoms with Crippen molar-refractivity contribution in [2.75, 3.05) is 12.3 Å². The predicted octanol–water partition coefficient (Wildman–Crippen LogP) is 3.22. The van der Waals surface area contributed by atoms with Crippen LogP contribution in [-0.2, 0) is 10.8 Å². The van der Waals surface area contributed by atoms with Crippen LogP contribution in [0.5, 0.6) is 0 Å². The second-order valence-electron chi connectivity index (χ2n) is 4.61. The third kappa shape index (κ3) is 9.34. The van der Waals surface area contributed by atoms with Gasteiger partial charge in [-0.2, -0.15) is 0 Å². The fraction of sp³-hybridized carbons (Fsp3) is 1.00. The summed E-state index contributed by atoms with van der Waals surface area (Å²) in [7, 11) is -0.700. The monoisotopic (exact) mass is 247 g/mol. The van der Waals surface area contributed by atoms with Gasteiger partial charge in [0.05, 0.1) is 0 Å². The number of hydrogen-bond acceptors (Lipinski definition) is 2. The van der Waals surface area contributed by atoms with E-state index < -0.39 is 10.8 Å². The average Bonchev–Trinajstić information content (AvgIpc) is 2.31. The number of rotatable bonds is 11. The molecule has 0 aromatic rings. The van der Waals surface area contributed by atoms with Crippen molar-refractivity contribution in [3.05, 3.63) is 0 Å². The van der Waals surface area contributed by atoms with Crippen LogP contribution in [-0.4, -0.2) is 21.8 Å². The summed E-state index contributed by atoms with van der Waals surface area (Å²) < 4.78 is 11.6. The van der Waals surface area contributed by atoms with E-state index in [-0.39, 0.29) is 5.25 Å². The van der Waals surface area contributed by atoms with Crippen molar-refractivity contribution in [2.45, 2.75) is 70.5 Å². The smallest absolute Gasteiger partial charge is 0.0442 e. The van der Waals surface area contributed by atoms with Crippen molar-refractivity contribution in [3.8, 4) is 0 Å². The Balaban J connectivity index is 3.18.